The van der Waals surface area contributed by atoms with Crippen molar-refractivity contribution in [2.75, 3.05) is 12.1 Å². The van der Waals surface area contributed by atoms with E-state index in [1.54, 1.807) is 38.6 Å². The van der Waals surface area contributed by atoms with Crippen LogP contribution in [0.15, 0.2) is 12.7 Å². The quantitative estimate of drug-likeness (QED) is 0.164. The van der Waals surface area contributed by atoms with Crippen LogP contribution in [0.2, 0.25) is 0 Å². The van der Waals surface area contributed by atoms with Gasteiger partial charge in [0.2, 0.25) is 7.44 Å². The highest BCUT2D eigenvalue weighted by Crippen LogP contribution is 2.54. The lowest BCUT2D eigenvalue weighted by molar-refractivity contribution is -0.169. The summed E-state index contributed by atoms with van der Waals surface area (Å²) in [5.74, 6) is -0.675. The van der Waals surface area contributed by atoms with Crippen molar-refractivity contribution < 1.29 is 28.4 Å². The molecule has 0 radical (unpaired) electrons. The van der Waals surface area contributed by atoms with Crippen LogP contribution >= 0.6 is 7.44 Å². The zero-order chi connectivity index (χ0) is 35.1. The number of nitrogens with zero attached hydrogens (tertiary/aromatic N) is 4. The molecule has 0 saturated heterocycles. The minimum Gasteiger partial charge on any atom is -0.461 e. The van der Waals surface area contributed by atoms with Crippen LogP contribution in [0.1, 0.15) is 125 Å². The van der Waals surface area contributed by atoms with E-state index in [1.165, 1.54) is 70.5 Å². The first-order valence-corrected chi connectivity index (χ1v) is 20.1. The maximum absolute atomic E-state index is 14.8. The first kappa shape index (κ1) is 36.2. The van der Waals surface area contributed by atoms with Gasteiger partial charge in [-0.05, 0) is 96.8 Å². The van der Waals surface area contributed by atoms with Crippen molar-refractivity contribution >= 4 is 36.4 Å². The zero-order valence-electron chi connectivity index (χ0n) is 30.0. The maximum Gasteiger partial charge on any atom is 0.326 e. The minimum atomic E-state index is -3.80. The van der Waals surface area contributed by atoms with Gasteiger partial charge in [0.25, 0.3) is 0 Å². The van der Waals surface area contributed by atoms with Crippen LogP contribution in [0.5, 0.6) is 0 Å². The molecule has 4 N–H and O–H groups in total. The number of nitrogens with one attached hydrogen (secondary N) is 2. The minimum absolute atomic E-state index is 0.139. The van der Waals surface area contributed by atoms with Crippen LogP contribution in [0.4, 0.5) is 5.82 Å². The number of hydrogen-bond acceptors (Lipinski definition) is 10. The van der Waals surface area contributed by atoms with Crippen molar-refractivity contribution in [1.29, 1.82) is 0 Å². The number of aromatic nitrogens is 4. The van der Waals surface area contributed by atoms with Crippen LogP contribution in [0.3, 0.4) is 0 Å². The molecule has 0 aromatic carbocycles. The monoisotopic (exact) mass is 701 g/mol. The van der Waals surface area contributed by atoms with Crippen LogP contribution in [0.25, 0.3) is 11.2 Å². The number of carbonyl (C=O) groups is 2. The second-order valence-corrected chi connectivity index (χ2v) is 18.8. The third kappa shape index (κ3) is 8.16. The maximum atomic E-state index is 14.8. The lowest BCUT2D eigenvalue weighted by Gasteiger charge is -2.50. The molecule has 4 fully saturated rings. The molecule has 6 rings (SSSR count). The van der Waals surface area contributed by atoms with Crippen molar-refractivity contribution in [3.63, 3.8) is 0 Å². The third-order valence-electron chi connectivity index (χ3n) is 11.4. The largest absolute Gasteiger partial charge is 0.461 e. The van der Waals surface area contributed by atoms with Crippen LogP contribution in [-0.4, -0.2) is 67.2 Å². The summed E-state index contributed by atoms with van der Waals surface area (Å²) in [4.78, 5) is 39.7. The molecule has 4 saturated carbocycles. The highest BCUT2D eigenvalue weighted by molar-refractivity contribution is 7.59. The van der Waals surface area contributed by atoms with Gasteiger partial charge in [-0.15, -0.1) is 0 Å². The molecule has 2 heterocycles. The normalized spacial score (nSPS) is 24.1. The van der Waals surface area contributed by atoms with E-state index in [4.69, 9.17) is 19.9 Å². The van der Waals surface area contributed by atoms with Crippen molar-refractivity contribution in [1.82, 2.24) is 29.7 Å². The Kier molecular flexibility index (Phi) is 10.2. The number of esters is 2. The number of nitrogen functional groups attached to an aromatic ring is 1. The Bertz CT molecular complexity index is 1480. The van der Waals surface area contributed by atoms with Gasteiger partial charge in [0.1, 0.15) is 41.5 Å². The van der Waals surface area contributed by atoms with Crippen molar-refractivity contribution in [3.05, 3.63) is 12.7 Å². The Hall–Kier alpha value is -2.60. The number of imidazole rings is 1. The molecule has 4 aliphatic rings. The fourth-order valence-electron chi connectivity index (χ4n) is 8.68. The fourth-order valence-corrected chi connectivity index (χ4v) is 11.3. The van der Waals surface area contributed by atoms with E-state index < -0.39 is 36.6 Å². The zero-order valence-corrected chi connectivity index (χ0v) is 30.9. The molecule has 0 unspecified atom stereocenters. The molecule has 272 valence electrons. The summed E-state index contributed by atoms with van der Waals surface area (Å²) in [6.07, 6.45) is 17.8. The summed E-state index contributed by atoms with van der Waals surface area (Å²) in [6, 6.07) is 0. The van der Waals surface area contributed by atoms with Gasteiger partial charge in [0.05, 0.1) is 19.0 Å². The highest BCUT2D eigenvalue weighted by Gasteiger charge is 2.50. The molecule has 0 amide bonds. The smallest absolute Gasteiger partial charge is 0.326 e. The van der Waals surface area contributed by atoms with E-state index in [0.29, 0.717) is 28.5 Å². The van der Waals surface area contributed by atoms with Gasteiger partial charge in [-0.1, -0.05) is 38.5 Å². The molecule has 2 aromatic heterocycles. The molecular weight excluding hydrogens is 645 g/mol. The number of carbonyl (C=O) groups excluding carboxylic acids is 2. The average molecular weight is 702 g/mol. The van der Waals surface area contributed by atoms with E-state index >= 15 is 0 Å². The predicted octanol–water partition coefficient (Wildman–Crippen LogP) is 6.01. The molecular formula is C35H56N7O6P. The van der Waals surface area contributed by atoms with Gasteiger partial charge >= 0.3 is 11.9 Å². The molecule has 13 nitrogen and oxygen atoms in total. The summed E-state index contributed by atoms with van der Waals surface area (Å²) >= 11 is 0. The Labute approximate surface area is 290 Å². The first-order valence-electron chi connectivity index (χ1n) is 18.2. The summed E-state index contributed by atoms with van der Waals surface area (Å²) in [5, 5.41) is 6.13. The molecule has 2 aromatic rings. The van der Waals surface area contributed by atoms with Crippen LogP contribution in [0, 0.1) is 10.8 Å². The molecule has 0 bridgehead atoms. The first-order chi connectivity index (χ1) is 23.1. The predicted molar refractivity (Wildman–Crippen MR) is 186 cm³/mol. The van der Waals surface area contributed by atoms with E-state index in [2.05, 4.69) is 25.1 Å². The van der Waals surface area contributed by atoms with Crippen LogP contribution in [-0.2, 0) is 34.9 Å². The SMILES string of the molecule is C[C@H](Cn1cnc2c(N)ncnc21)OCP(=O)(NC(C)(C)C(=O)OC1CC2(CCCCC2)C1)NC(C)(C)C(=O)OC1CC2(CCCCC2)C1. The number of anilines is 1. The lowest BCUT2D eigenvalue weighted by Crippen LogP contribution is -2.56. The summed E-state index contributed by atoms with van der Waals surface area (Å²) in [7, 11) is -3.80. The summed E-state index contributed by atoms with van der Waals surface area (Å²) < 4.78 is 34.7. The Morgan fingerprint density at radius 3 is 1.86 bits per heavy atom. The fraction of sp³-hybridized carbons (Fsp3) is 0.800. The standard InChI is InChI=1S/C35H56N7O6P/c1-24(20-42-22-39-27-28(36)37-21-38-29(27)42)46-23-49(45,40-32(2,3)30(43)47-25-16-34(17-25)12-8-6-9-13-34)41-33(4,5)31(44)48-26-18-35(19-26)14-10-7-11-15-35/h21-22,24-26H,6-20,23H2,1-5H3,(H2,36,37,38)(H2,40,41,45)/t24-/m1/s1. The van der Waals surface area contributed by atoms with E-state index in [9.17, 15) is 14.2 Å². The second-order valence-electron chi connectivity index (χ2n) is 16.6. The Morgan fingerprint density at radius 2 is 1.37 bits per heavy atom. The van der Waals surface area contributed by atoms with Crippen LogP contribution < -0.4 is 15.9 Å². The van der Waals surface area contributed by atoms with E-state index in [-0.39, 0.29) is 24.4 Å². The lowest BCUT2D eigenvalue weighted by atomic mass is 9.59. The number of hydrogen-bond donors (Lipinski definition) is 3. The van der Waals surface area contributed by atoms with Gasteiger partial charge in [-0.3, -0.25) is 14.2 Å². The molecule has 14 heteroatoms. The number of ether oxygens (including phenoxy) is 3. The summed E-state index contributed by atoms with van der Waals surface area (Å²) in [5.41, 5.74) is 4.96. The van der Waals surface area contributed by atoms with Gasteiger partial charge in [-0.25, -0.2) is 25.1 Å². The Balaban J connectivity index is 1.11. The molecule has 1 atom stereocenters. The Morgan fingerprint density at radius 1 is 0.878 bits per heavy atom. The summed E-state index contributed by atoms with van der Waals surface area (Å²) in [6.45, 7) is 8.83. The molecule has 0 aliphatic heterocycles. The van der Waals surface area contributed by atoms with Crippen molar-refractivity contribution in [2.45, 2.75) is 160 Å². The molecule has 49 heavy (non-hydrogen) atoms. The second kappa shape index (κ2) is 13.8. The van der Waals surface area contributed by atoms with Gasteiger partial charge < -0.3 is 24.5 Å². The highest BCUT2D eigenvalue weighted by atomic mass is 31.2. The topological polar surface area (TPSA) is 173 Å². The van der Waals surface area contributed by atoms with E-state index in [1.807, 2.05) is 6.92 Å². The number of nitrogens with two attached hydrogens (primary N) is 1. The number of rotatable bonds is 13. The third-order valence-corrected chi connectivity index (χ3v) is 13.7. The van der Waals surface area contributed by atoms with Gasteiger partial charge in [0, 0.05) is 0 Å². The molecule has 4 aliphatic carbocycles. The van der Waals surface area contributed by atoms with Crippen molar-refractivity contribution in [3.8, 4) is 0 Å². The van der Waals surface area contributed by atoms with Gasteiger partial charge in [-0.2, -0.15) is 0 Å². The van der Waals surface area contributed by atoms with E-state index in [0.717, 1.165) is 25.7 Å². The van der Waals surface area contributed by atoms with Gasteiger partial charge in [0.15, 0.2) is 11.5 Å². The van der Waals surface area contributed by atoms with Crippen molar-refractivity contribution in [2.24, 2.45) is 10.8 Å². The average Bonchev–Trinajstić information content (AvgIpc) is 3.42. The molecule has 2 spiro atoms. The number of fused-ring (bicyclic) bond motifs is 1.